The van der Waals surface area contributed by atoms with Gasteiger partial charge in [0, 0.05) is 5.69 Å². The molecule has 23 heavy (non-hydrogen) atoms. The zero-order valence-electron chi connectivity index (χ0n) is 12.7. The number of amides is 1. The minimum atomic E-state index is -3.13. The van der Waals surface area contributed by atoms with Gasteiger partial charge in [-0.2, -0.15) is 0 Å². The predicted molar refractivity (Wildman–Crippen MR) is 87.7 cm³/mol. The third-order valence-corrected chi connectivity index (χ3v) is 5.59. The second kappa shape index (κ2) is 7.31. The first-order valence-electron chi connectivity index (χ1n) is 7.23. The SMILES string of the molecule is CCOC(=O)c1ccc(N(C(=O)CCl)C2CCS(=O)(=O)C2)cc1. The molecule has 1 aromatic rings. The summed E-state index contributed by atoms with van der Waals surface area (Å²) in [6.07, 6.45) is 0.380. The molecule has 126 valence electrons. The number of carbonyl (C=O) groups excluding carboxylic acids is 2. The standard InChI is InChI=1S/C15H18ClNO5S/c1-2-22-15(19)11-3-5-12(6-4-11)17(14(18)9-16)13-7-8-23(20,21)10-13/h3-6,13H,2,7-10H2,1H3. The van der Waals surface area contributed by atoms with Crippen molar-refractivity contribution in [2.45, 2.75) is 19.4 Å². The van der Waals surface area contributed by atoms with Gasteiger partial charge in [0.15, 0.2) is 9.84 Å². The second-order valence-corrected chi connectivity index (χ2v) is 7.72. The Hall–Kier alpha value is -1.60. The van der Waals surface area contributed by atoms with Crippen LogP contribution in [-0.4, -0.2) is 50.3 Å². The van der Waals surface area contributed by atoms with E-state index in [-0.39, 0.29) is 29.9 Å². The number of halogens is 1. The highest BCUT2D eigenvalue weighted by atomic mass is 35.5. The first-order valence-corrected chi connectivity index (χ1v) is 9.59. The molecule has 1 aliphatic rings. The number of hydrogen-bond acceptors (Lipinski definition) is 5. The number of sulfone groups is 1. The van der Waals surface area contributed by atoms with E-state index >= 15 is 0 Å². The van der Waals surface area contributed by atoms with E-state index in [0.717, 1.165) is 0 Å². The fraction of sp³-hybridized carbons (Fsp3) is 0.467. The van der Waals surface area contributed by atoms with E-state index in [1.807, 2.05) is 0 Å². The summed E-state index contributed by atoms with van der Waals surface area (Å²) >= 11 is 5.65. The Labute approximate surface area is 140 Å². The molecule has 1 fully saturated rings. The first-order chi connectivity index (χ1) is 10.9. The number of benzene rings is 1. The molecule has 8 heteroatoms. The van der Waals surface area contributed by atoms with Gasteiger partial charge < -0.3 is 9.64 Å². The third kappa shape index (κ3) is 4.23. The van der Waals surface area contributed by atoms with Crippen LogP contribution in [0.4, 0.5) is 5.69 Å². The van der Waals surface area contributed by atoms with Crippen molar-refractivity contribution >= 4 is 39.0 Å². The number of nitrogens with zero attached hydrogens (tertiary/aromatic N) is 1. The van der Waals surface area contributed by atoms with E-state index in [9.17, 15) is 18.0 Å². The Morgan fingerprint density at radius 3 is 2.43 bits per heavy atom. The lowest BCUT2D eigenvalue weighted by Crippen LogP contribution is -2.42. The molecule has 1 aromatic carbocycles. The molecule has 0 aromatic heterocycles. The number of esters is 1. The number of rotatable bonds is 5. The van der Waals surface area contributed by atoms with Crippen LogP contribution in [0, 0.1) is 0 Å². The van der Waals surface area contributed by atoms with Crippen LogP contribution in [0.5, 0.6) is 0 Å². The highest BCUT2D eigenvalue weighted by molar-refractivity contribution is 7.91. The molecule has 1 aliphatic heterocycles. The maximum absolute atomic E-state index is 12.1. The fourth-order valence-corrected chi connectivity index (χ4v) is 4.40. The van der Waals surface area contributed by atoms with Crippen LogP contribution in [0.1, 0.15) is 23.7 Å². The Kier molecular flexibility index (Phi) is 5.64. The molecular weight excluding hydrogens is 342 g/mol. The lowest BCUT2D eigenvalue weighted by Gasteiger charge is -2.27. The van der Waals surface area contributed by atoms with E-state index in [1.54, 1.807) is 31.2 Å². The Morgan fingerprint density at radius 1 is 1.30 bits per heavy atom. The van der Waals surface area contributed by atoms with Gasteiger partial charge in [-0.1, -0.05) is 0 Å². The van der Waals surface area contributed by atoms with Crippen LogP contribution in [-0.2, 0) is 19.4 Å². The normalized spacial score (nSPS) is 19.3. The highest BCUT2D eigenvalue weighted by Gasteiger charge is 2.35. The molecule has 2 rings (SSSR count). The van der Waals surface area contributed by atoms with E-state index in [1.165, 1.54) is 4.90 Å². The average molecular weight is 360 g/mol. The monoisotopic (exact) mass is 359 g/mol. The van der Waals surface area contributed by atoms with Gasteiger partial charge in [-0.15, -0.1) is 11.6 Å². The third-order valence-electron chi connectivity index (χ3n) is 3.61. The summed E-state index contributed by atoms with van der Waals surface area (Å²) in [5, 5.41) is 0. The molecule has 1 heterocycles. The number of alkyl halides is 1. The van der Waals surface area contributed by atoms with Crippen LogP contribution in [0.2, 0.25) is 0 Å². The Balaban J connectivity index is 2.26. The molecule has 0 spiro atoms. The summed E-state index contributed by atoms with van der Waals surface area (Å²) in [4.78, 5) is 25.2. The van der Waals surface area contributed by atoms with Gasteiger partial charge in [-0.3, -0.25) is 4.79 Å². The topological polar surface area (TPSA) is 80.8 Å². The molecule has 0 radical (unpaired) electrons. The van der Waals surface area contributed by atoms with Crippen molar-refractivity contribution in [1.29, 1.82) is 0 Å². The number of ether oxygens (including phenoxy) is 1. The van der Waals surface area contributed by atoms with Crippen molar-refractivity contribution in [3.8, 4) is 0 Å². The second-order valence-electron chi connectivity index (χ2n) is 5.22. The Bertz CT molecular complexity index is 686. The molecule has 0 bridgehead atoms. The van der Waals surface area contributed by atoms with Crippen molar-refractivity contribution in [2.75, 3.05) is 28.9 Å². The van der Waals surface area contributed by atoms with Gasteiger partial charge in [-0.05, 0) is 37.6 Å². The zero-order chi connectivity index (χ0) is 17.0. The largest absolute Gasteiger partial charge is 0.462 e. The van der Waals surface area contributed by atoms with Crippen molar-refractivity contribution in [3.63, 3.8) is 0 Å². The van der Waals surface area contributed by atoms with Crippen LogP contribution in [0.25, 0.3) is 0 Å². The minimum Gasteiger partial charge on any atom is -0.462 e. The summed E-state index contributed by atoms with van der Waals surface area (Å²) in [5.74, 6) is -1.06. The average Bonchev–Trinajstić information content (AvgIpc) is 2.88. The van der Waals surface area contributed by atoms with Gasteiger partial charge >= 0.3 is 5.97 Å². The molecule has 1 saturated heterocycles. The van der Waals surface area contributed by atoms with E-state index < -0.39 is 21.8 Å². The summed E-state index contributed by atoms with van der Waals surface area (Å²) < 4.78 is 28.2. The van der Waals surface area contributed by atoms with Gasteiger partial charge in [0.1, 0.15) is 5.88 Å². The number of carbonyl (C=O) groups is 2. The predicted octanol–water partition coefficient (Wildman–Crippen LogP) is 1.62. The smallest absolute Gasteiger partial charge is 0.338 e. The van der Waals surface area contributed by atoms with Crippen LogP contribution >= 0.6 is 11.6 Å². The molecule has 1 unspecified atom stereocenters. The minimum absolute atomic E-state index is 0.0602. The first kappa shape index (κ1) is 17.7. The summed E-state index contributed by atoms with van der Waals surface area (Å²) in [5.41, 5.74) is 0.888. The van der Waals surface area contributed by atoms with Gasteiger partial charge in [-0.25, -0.2) is 13.2 Å². The lowest BCUT2D eigenvalue weighted by molar-refractivity contribution is -0.116. The number of anilines is 1. The maximum Gasteiger partial charge on any atom is 0.338 e. The van der Waals surface area contributed by atoms with Crippen LogP contribution in [0.15, 0.2) is 24.3 Å². The van der Waals surface area contributed by atoms with E-state index in [4.69, 9.17) is 16.3 Å². The lowest BCUT2D eigenvalue weighted by atomic mass is 10.1. The molecule has 0 saturated carbocycles. The molecule has 0 aliphatic carbocycles. The van der Waals surface area contributed by atoms with Gasteiger partial charge in [0.2, 0.25) is 5.91 Å². The van der Waals surface area contributed by atoms with E-state index in [0.29, 0.717) is 17.7 Å². The maximum atomic E-state index is 12.1. The van der Waals surface area contributed by atoms with Crippen molar-refractivity contribution in [2.24, 2.45) is 0 Å². The van der Waals surface area contributed by atoms with Crippen LogP contribution < -0.4 is 4.90 Å². The highest BCUT2D eigenvalue weighted by Crippen LogP contribution is 2.25. The van der Waals surface area contributed by atoms with Gasteiger partial charge in [0.25, 0.3) is 0 Å². The molecule has 0 N–H and O–H groups in total. The molecular formula is C15H18ClNO5S. The summed E-state index contributed by atoms with van der Waals surface area (Å²) in [6, 6.07) is 5.86. The van der Waals surface area contributed by atoms with Gasteiger partial charge in [0.05, 0.1) is 29.7 Å². The van der Waals surface area contributed by atoms with Crippen molar-refractivity contribution < 1.29 is 22.7 Å². The van der Waals surface area contributed by atoms with E-state index in [2.05, 4.69) is 0 Å². The zero-order valence-corrected chi connectivity index (χ0v) is 14.3. The number of hydrogen-bond donors (Lipinski definition) is 0. The Morgan fingerprint density at radius 2 is 1.96 bits per heavy atom. The van der Waals surface area contributed by atoms with Crippen molar-refractivity contribution in [3.05, 3.63) is 29.8 Å². The molecule has 6 nitrogen and oxygen atoms in total. The molecule has 1 amide bonds. The summed E-state index contributed by atoms with van der Waals surface area (Å²) in [7, 11) is -3.13. The quantitative estimate of drug-likeness (QED) is 0.589. The summed E-state index contributed by atoms with van der Waals surface area (Å²) in [6.45, 7) is 1.99. The fourth-order valence-electron chi connectivity index (χ4n) is 2.57. The molecule has 1 atom stereocenters. The van der Waals surface area contributed by atoms with Crippen LogP contribution in [0.3, 0.4) is 0 Å². The van der Waals surface area contributed by atoms with Crippen molar-refractivity contribution in [1.82, 2.24) is 0 Å².